The van der Waals surface area contributed by atoms with Gasteiger partial charge in [0, 0.05) is 54.2 Å². The molecule has 8 N–H and O–H groups in total. The van der Waals surface area contributed by atoms with E-state index >= 15 is 4.79 Å². The number of carbonyl (C=O) groups excluding carboxylic acids is 1. The molecule has 0 amide bonds. The molecule has 12 rings (SSSR count). The first-order chi connectivity index (χ1) is 34.4. The number of hydrogen-bond acceptors (Lipinski definition) is 10. The number of allylic oxidation sites excluding steroid dienone is 4. The number of nitrogens with two attached hydrogens (primary N) is 1. The zero-order valence-electron chi connectivity index (χ0n) is 44.0. The maximum Gasteiger partial charge on any atom is 0.159 e. The van der Waals surface area contributed by atoms with Gasteiger partial charge in [0.15, 0.2) is 5.78 Å². The summed E-state index contributed by atoms with van der Waals surface area (Å²) in [6, 6.07) is 8.92. The molecule has 10 heteroatoms. The van der Waals surface area contributed by atoms with E-state index in [9.17, 15) is 20.4 Å². The normalized spacial score (nSPS) is 45.0. The lowest BCUT2D eigenvalue weighted by atomic mass is 9.32. The van der Waals surface area contributed by atoms with Crippen molar-refractivity contribution in [3.8, 4) is 11.8 Å². The molecular formula is C62H85N3O7. The van der Waals surface area contributed by atoms with Crippen molar-refractivity contribution >= 4 is 5.78 Å². The van der Waals surface area contributed by atoms with E-state index in [-0.39, 0.29) is 53.3 Å². The van der Waals surface area contributed by atoms with Gasteiger partial charge in [0.1, 0.15) is 17.8 Å². The minimum atomic E-state index is -1.40. The Morgan fingerprint density at radius 3 is 2.56 bits per heavy atom. The summed E-state index contributed by atoms with van der Waals surface area (Å²) in [6.45, 7) is 10.3. The Labute approximate surface area is 429 Å². The predicted molar refractivity (Wildman–Crippen MR) is 279 cm³/mol. The maximum absolute atomic E-state index is 15.8. The van der Waals surface area contributed by atoms with Crippen LogP contribution >= 0.6 is 0 Å². The molecule has 3 spiro atoms. The second-order valence-corrected chi connectivity index (χ2v) is 26.7. The largest absolute Gasteiger partial charge is 0.396 e. The number of aryl methyl sites for hydroxylation is 1. The van der Waals surface area contributed by atoms with Gasteiger partial charge in [-0.15, -0.1) is 0 Å². The third kappa shape index (κ3) is 6.88. The molecular weight excluding hydrogens is 899 g/mol. The molecule has 1 aromatic rings. The van der Waals surface area contributed by atoms with Crippen LogP contribution in [0.15, 0.2) is 71.1 Å². The average molecular weight is 984 g/mol. The summed E-state index contributed by atoms with van der Waals surface area (Å²) in [5.74, 6) is 8.83. The highest BCUT2D eigenvalue weighted by Crippen LogP contribution is 2.83. The molecule has 17 unspecified atom stereocenters. The number of aliphatic hydroxyl groups is 4. The molecule has 8 aliphatic carbocycles. The first kappa shape index (κ1) is 49.6. The topological polar surface area (TPSA) is 170 Å². The first-order valence-electron chi connectivity index (χ1n) is 28.5. The summed E-state index contributed by atoms with van der Waals surface area (Å²) < 4.78 is 14.3. The molecule has 10 nitrogen and oxygen atoms in total. The zero-order valence-corrected chi connectivity index (χ0v) is 44.0. The fourth-order valence-electron chi connectivity index (χ4n) is 20.0. The minimum Gasteiger partial charge on any atom is -0.396 e. The highest BCUT2D eigenvalue weighted by molar-refractivity contribution is 5.95. The number of benzene rings is 1. The SMILES string of the molecule is CNCC1=CC2CC3(CCCC3)C3C#CCc4ccccc4CCC4CC5(C)C(C6(C7OC7C(C)(O)C(C)(CO)CCC7=CCNC(N)=C7)CC(C)CCO6)CCC5(O)C5=CC(=O)C6CC(O)CC23C6(C1)C54. The van der Waals surface area contributed by atoms with Gasteiger partial charge >= 0.3 is 0 Å². The van der Waals surface area contributed by atoms with Crippen molar-refractivity contribution in [2.24, 2.45) is 74.2 Å². The van der Waals surface area contributed by atoms with Crippen LogP contribution in [0.2, 0.25) is 0 Å². The second kappa shape index (κ2) is 17.4. The number of ketones is 1. The molecule has 3 aliphatic heterocycles. The van der Waals surface area contributed by atoms with Crippen molar-refractivity contribution in [2.75, 3.05) is 33.4 Å². The molecule has 1 aromatic carbocycles. The standard InChI is InChI=1S/C62H85N3O7/c1-38-20-26-71-61(31-38,54-53(72-54)57(4,69)55(2,37-66)23-17-39-19-25-65-51(63)28-39)49-18-24-62(70)47-30-48(68)46-29-45(67)35-59-44-27-40(36-64-5)32-60(46,59)52(47)43(33-56(49,62)3)16-15-42-12-7-6-11-41(42)13-10-14-50(59)58(34-44)21-8-9-22-58/h6-7,11-12,19,27-28,30,38,43-46,49-50,52-54,64-67,69-70H,8-9,13,15-18,20-26,29,31-37,63H2,1-5H3. The lowest BCUT2D eigenvalue weighted by molar-refractivity contribution is -0.225. The molecule has 0 radical (unpaired) electrons. The van der Waals surface area contributed by atoms with Crippen LogP contribution in [-0.4, -0.2) is 94.7 Å². The zero-order chi connectivity index (χ0) is 50.3. The number of carbonyl (C=O) groups is 1. The van der Waals surface area contributed by atoms with Gasteiger partial charge in [-0.25, -0.2) is 0 Å². The number of fused-ring (bicyclic) bond motifs is 4. The molecule has 390 valence electrons. The number of aliphatic hydroxyl groups excluding tert-OH is 2. The van der Waals surface area contributed by atoms with Crippen molar-refractivity contribution in [1.82, 2.24) is 10.6 Å². The Balaban J connectivity index is 0.996. The number of ether oxygens (including phenoxy) is 2. The van der Waals surface area contributed by atoms with Crippen LogP contribution in [-0.2, 0) is 27.1 Å². The van der Waals surface area contributed by atoms with Gasteiger partial charge in [0.25, 0.3) is 0 Å². The fourth-order valence-corrected chi connectivity index (χ4v) is 20.0. The molecule has 11 aliphatic rings. The van der Waals surface area contributed by atoms with Gasteiger partial charge in [-0.1, -0.05) is 87.4 Å². The Bertz CT molecular complexity index is 2550. The van der Waals surface area contributed by atoms with Crippen molar-refractivity contribution in [3.63, 3.8) is 0 Å². The van der Waals surface area contributed by atoms with E-state index in [0.29, 0.717) is 69.8 Å². The van der Waals surface area contributed by atoms with E-state index < -0.39 is 56.8 Å². The van der Waals surface area contributed by atoms with Gasteiger partial charge in [0.05, 0.1) is 29.7 Å². The van der Waals surface area contributed by atoms with E-state index in [2.05, 4.69) is 72.7 Å². The monoisotopic (exact) mass is 984 g/mol. The predicted octanol–water partition coefficient (Wildman–Crippen LogP) is 7.77. The summed E-state index contributed by atoms with van der Waals surface area (Å²) in [6.07, 6.45) is 22.0. The third-order valence-electron chi connectivity index (χ3n) is 23.4. The lowest BCUT2D eigenvalue weighted by Crippen LogP contribution is -2.71. The number of epoxide rings is 1. The summed E-state index contributed by atoms with van der Waals surface area (Å²) in [5, 5.41) is 57.7. The van der Waals surface area contributed by atoms with Crippen molar-refractivity contribution < 1.29 is 34.7 Å². The van der Waals surface area contributed by atoms with Gasteiger partial charge in [-0.3, -0.25) is 4.79 Å². The van der Waals surface area contributed by atoms with E-state index in [0.717, 1.165) is 75.5 Å². The fraction of sp³-hybridized carbons (Fsp3) is 0.726. The average Bonchev–Trinajstić information content (AvgIpc) is 3.88. The summed E-state index contributed by atoms with van der Waals surface area (Å²) in [4.78, 5) is 15.8. The van der Waals surface area contributed by atoms with Crippen molar-refractivity contribution in [1.29, 1.82) is 0 Å². The number of hydrogen-bond donors (Lipinski definition) is 7. The first-order valence-corrected chi connectivity index (χ1v) is 28.5. The second-order valence-electron chi connectivity index (χ2n) is 26.7. The van der Waals surface area contributed by atoms with E-state index in [1.807, 2.05) is 33.0 Å². The van der Waals surface area contributed by atoms with Crippen LogP contribution in [0.4, 0.5) is 0 Å². The van der Waals surface area contributed by atoms with Crippen molar-refractivity contribution in [3.05, 3.63) is 82.2 Å². The van der Waals surface area contributed by atoms with Crippen LogP contribution in [0, 0.1) is 80.3 Å². The smallest absolute Gasteiger partial charge is 0.159 e. The van der Waals surface area contributed by atoms with Crippen LogP contribution in [0.3, 0.4) is 0 Å². The molecule has 0 bridgehead atoms. The molecule has 2 saturated heterocycles. The van der Waals surface area contributed by atoms with Crippen LogP contribution in [0.1, 0.15) is 142 Å². The Kier molecular flexibility index (Phi) is 12.0. The Morgan fingerprint density at radius 1 is 1.01 bits per heavy atom. The number of likely N-dealkylation sites (N-methyl/N-ethyl adjacent to an activating group) is 1. The van der Waals surface area contributed by atoms with Gasteiger partial charge in [-0.2, -0.15) is 0 Å². The maximum atomic E-state index is 15.8. The summed E-state index contributed by atoms with van der Waals surface area (Å²) >= 11 is 0. The third-order valence-corrected chi connectivity index (χ3v) is 23.4. The summed E-state index contributed by atoms with van der Waals surface area (Å²) in [5.41, 5.74) is 6.18. The van der Waals surface area contributed by atoms with Crippen LogP contribution < -0.4 is 16.4 Å². The van der Waals surface area contributed by atoms with Crippen LogP contribution in [0.25, 0.3) is 0 Å². The van der Waals surface area contributed by atoms with E-state index in [4.69, 9.17) is 15.2 Å². The molecule has 5 saturated carbocycles. The summed E-state index contributed by atoms with van der Waals surface area (Å²) in [7, 11) is 2.05. The molecule has 72 heavy (non-hydrogen) atoms. The highest BCUT2D eigenvalue weighted by atomic mass is 16.6. The van der Waals surface area contributed by atoms with Gasteiger partial charge in [0.2, 0.25) is 0 Å². The van der Waals surface area contributed by atoms with Gasteiger partial charge < -0.3 is 46.3 Å². The van der Waals surface area contributed by atoms with Gasteiger partial charge in [-0.05, 0) is 185 Å². The molecule has 7 fully saturated rings. The molecule has 0 aromatic heterocycles. The number of nitrogens with one attached hydrogen (secondary N) is 2. The minimum absolute atomic E-state index is 0.0190. The highest BCUT2D eigenvalue weighted by Gasteiger charge is 2.81. The Morgan fingerprint density at radius 2 is 1.81 bits per heavy atom. The number of rotatable bonds is 10. The lowest BCUT2D eigenvalue weighted by Gasteiger charge is -2.71. The quantitative estimate of drug-likeness (QED) is 0.0699. The Hall–Kier alpha value is -3.27. The molecule has 17 atom stereocenters. The van der Waals surface area contributed by atoms with E-state index in [1.54, 1.807) is 0 Å². The van der Waals surface area contributed by atoms with Crippen molar-refractivity contribution in [2.45, 2.75) is 178 Å². The molecule has 3 heterocycles. The van der Waals surface area contributed by atoms with E-state index in [1.165, 1.54) is 29.5 Å². The van der Waals surface area contributed by atoms with Crippen LogP contribution in [0.5, 0.6) is 0 Å². The number of dihydropyridines is 1.